The van der Waals surface area contributed by atoms with E-state index in [9.17, 15) is 8.42 Å². The molecule has 0 saturated carbocycles. The fourth-order valence-corrected chi connectivity index (χ4v) is 3.66. The molecule has 0 heterocycles. The minimum atomic E-state index is -3.57. The van der Waals surface area contributed by atoms with Crippen molar-refractivity contribution in [3.63, 3.8) is 0 Å². The SMILES string of the molecule is CC[C@H](NS(=O)(=O)c1ccc(OC)cc1)c1ccc(Br)cc1. The summed E-state index contributed by atoms with van der Waals surface area (Å²) in [6.45, 7) is 1.95. The number of nitrogens with one attached hydrogen (secondary N) is 1. The Morgan fingerprint density at radius 2 is 1.68 bits per heavy atom. The Labute approximate surface area is 139 Å². The van der Waals surface area contributed by atoms with Crippen molar-refractivity contribution in [1.82, 2.24) is 4.72 Å². The molecule has 6 heteroatoms. The van der Waals surface area contributed by atoms with Crippen molar-refractivity contribution >= 4 is 26.0 Å². The molecule has 2 aromatic rings. The highest BCUT2D eigenvalue weighted by Crippen LogP contribution is 2.23. The lowest BCUT2D eigenvalue weighted by molar-refractivity contribution is 0.414. The third-order valence-electron chi connectivity index (χ3n) is 3.35. The Morgan fingerprint density at radius 1 is 1.09 bits per heavy atom. The van der Waals surface area contributed by atoms with Gasteiger partial charge in [-0.15, -0.1) is 0 Å². The fraction of sp³-hybridized carbons (Fsp3) is 0.250. The topological polar surface area (TPSA) is 55.4 Å². The Bertz CT molecular complexity index is 712. The van der Waals surface area contributed by atoms with Crippen LogP contribution in [0.1, 0.15) is 24.9 Å². The number of hydrogen-bond donors (Lipinski definition) is 1. The van der Waals surface area contributed by atoms with Crippen LogP contribution in [0, 0.1) is 0 Å². The minimum Gasteiger partial charge on any atom is -0.497 e. The molecule has 0 fully saturated rings. The smallest absolute Gasteiger partial charge is 0.241 e. The summed E-state index contributed by atoms with van der Waals surface area (Å²) in [5.41, 5.74) is 0.933. The van der Waals surface area contributed by atoms with Crippen LogP contribution < -0.4 is 9.46 Å². The molecule has 0 radical (unpaired) electrons. The molecular weight excluding hydrogens is 366 g/mol. The second-order valence-corrected chi connectivity index (χ2v) is 7.44. The second-order valence-electron chi connectivity index (χ2n) is 4.81. The molecule has 0 aliphatic heterocycles. The van der Waals surface area contributed by atoms with E-state index in [-0.39, 0.29) is 10.9 Å². The molecule has 0 bridgehead atoms. The van der Waals surface area contributed by atoms with Gasteiger partial charge in [-0.3, -0.25) is 0 Å². The molecule has 0 aromatic heterocycles. The van der Waals surface area contributed by atoms with Crippen LogP contribution in [0.2, 0.25) is 0 Å². The van der Waals surface area contributed by atoms with Gasteiger partial charge in [0.05, 0.1) is 12.0 Å². The highest BCUT2D eigenvalue weighted by atomic mass is 79.9. The predicted molar refractivity (Wildman–Crippen MR) is 90.5 cm³/mol. The first-order chi connectivity index (χ1) is 10.5. The summed E-state index contributed by atoms with van der Waals surface area (Å²) in [5.74, 6) is 0.624. The van der Waals surface area contributed by atoms with Gasteiger partial charge in [0, 0.05) is 10.5 Å². The summed E-state index contributed by atoms with van der Waals surface area (Å²) in [4.78, 5) is 0.226. The summed E-state index contributed by atoms with van der Waals surface area (Å²) < 4.78 is 33.7. The van der Waals surface area contributed by atoms with Crippen molar-refractivity contribution in [2.45, 2.75) is 24.3 Å². The molecule has 22 heavy (non-hydrogen) atoms. The molecule has 0 unspecified atom stereocenters. The maximum absolute atomic E-state index is 12.5. The summed E-state index contributed by atoms with van der Waals surface area (Å²) in [7, 11) is -2.03. The Balaban J connectivity index is 2.23. The van der Waals surface area contributed by atoms with Gasteiger partial charge in [0.1, 0.15) is 5.75 Å². The van der Waals surface area contributed by atoms with Gasteiger partial charge < -0.3 is 4.74 Å². The van der Waals surface area contributed by atoms with Crippen LogP contribution in [0.15, 0.2) is 57.9 Å². The zero-order chi connectivity index (χ0) is 16.2. The van der Waals surface area contributed by atoms with Crippen LogP contribution in [0.5, 0.6) is 5.75 Å². The van der Waals surface area contributed by atoms with Gasteiger partial charge >= 0.3 is 0 Å². The molecule has 118 valence electrons. The van der Waals surface area contributed by atoms with Crippen LogP contribution in [-0.2, 0) is 10.0 Å². The van der Waals surface area contributed by atoms with Crippen molar-refractivity contribution < 1.29 is 13.2 Å². The highest BCUT2D eigenvalue weighted by Gasteiger charge is 2.20. The van der Waals surface area contributed by atoms with Crippen molar-refractivity contribution in [3.8, 4) is 5.75 Å². The lowest BCUT2D eigenvalue weighted by atomic mass is 10.1. The standard InChI is InChI=1S/C16H18BrNO3S/c1-3-16(12-4-6-13(17)7-5-12)18-22(19,20)15-10-8-14(21-2)9-11-15/h4-11,16,18H,3H2,1-2H3/t16-/m0/s1. The minimum absolute atomic E-state index is 0.226. The van der Waals surface area contributed by atoms with E-state index in [0.29, 0.717) is 12.2 Å². The Kier molecular flexibility index (Phi) is 5.61. The molecule has 0 aliphatic rings. The van der Waals surface area contributed by atoms with Crippen molar-refractivity contribution in [1.29, 1.82) is 0 Å². The number of rotatable bonds is 6. The number of hydrogen-bond acceptors (Lipinski definition) is 3. The molecule has 4 nitrogen and oxygen atoms in total. The van der Waals surface area contributed by atoms with Crippen molar-refractivity contribution in [2.75, 3.05) is 7.11 Å². The van der Waals surface area contributed by atoms with E-state index >= 15 is 0 Å². The summed E-state index contributed by atoms with van der Waals surface area (Å²) in [6.07, 6.45) is 0.664. The van der Waals surface area contributed by atoms with Crippen molar-refractivity contribution in [2.24, 2.45) is 0 Å². The zero-order valence-corrected chi connectivity index (χ0v) is 14.8. The van der Waals surface area contributed by atoms with Gasteiger partial charge in [-0.05, 0) is 48.4 Å². The number of benzene rings is 2. The van der Waals surface area contributed by atoms with E-state index in [4.69, 9.17) is 4.74 Å². The van der Waals surface area contributed by atoms with Crippen molar-refractivity contribution in [3.05, 3.63) is 58.6 Å². The van der Waals surface area contributed by atoms with Crippen LogP contribution >= 0.6 is 15.9 Å². The summed E-state index contributed by atoms with van der Waals surface area (Å²) in [5, 5.41) is 0. The zero-order valence-electron chi connectivity index (χ0n) is 12.4. The van der Waals surface area contributed by atoms with Gasteiger partial charge in [-0.2, -0.15) is 0 Å². The molecule has 2 aromatic carbocycles. The monoisotopic (exact) mass is 383 g/mol. The Morgan fingerprint density at radius 3 is 2.18 bits per heavy atom. The van der Waals surface area contributed by atoms with Crippen LogP contribution in [-0.4, -0.2) is 15.5 Å². The van der Waals surface area contributed by atoms with Crippen LogP contribution in [0.4, 0.5) is 0 Å². The second kappa shape index (κ2) is 7.26. The quantitative estimate of drug-likeness (QED) is 0.822. The van der Waals surface area contributed by atoms with E-state index in [0.717, 1.165) is 10.0 Å². The first kappa shape index (κ1) is 17.0. The average Bonchev–Trinajstić information content (AvgIpc) is 2.53. The van der Waals surface area contributed by atoms with E-state index < -0.39 is 10.0 Å². The van der Waals surface area contributed by atoms with Gasteiger partial charge in [-0.25, -0.2) is 13.1 Å². The van der Waals surface area contributed by atoms with Crippen LogP contribution in [0.25, 0.3) is 0 Å². The maximum Gasteiger partial charge on any atom is 0.241 e. The lowest BCUT2D eigenvalue weighted by Crippen LogP contribution is -2.28. The fourth-order valence-electron chi connectivity index (χ4n) is 2.09. The number of halogens is 1. The molecular formula is C16H18BrNO3S. The van der Waals surface area contributed by atoms with E-state index in [2.05, 4.69) is 20.7 Å². The average molecular weight is 384 g/mol. The normalized spacial score (nSPS) is 12.9. The van der Waals surface area contributed by atoms with Gasteiger partial charge in [0.15, 0.2) is 0 Å². The molecule has 0 amide bonds. The summed E-state index contributed by atoms with van der Waals surface area (Å²) in [6, 6.07) is 13.7. The predicted octanol–water partition coefficient (Wildman–Crippen LogP) is 3.89. The summed E-state index contributed by atoms with van der Waals surface area (Å²) >= 11 is 3.38. The largest absolute Gasteiger partial charge is 0.497 e. The maximum atomic E-state index is 12.5. The number of sulfonamides is 1. The van der Waals surface area contributed by atoms with E-state index in [1.807, 2.05) is 31.2 Å². The highest BCUT2D eigenvalue weighted by molar-refractivity contribution is 9.10. The van der Waals surface area contributed by atoms with Gasteiger partial charge in [-0.1, -0.05) is 35.0 Å². The van der Waals surface area contributed by atoms with E-state index in [1.165, 1.54) is 12.1 Å². The first-order valence-electron chi connectivity index (χ1n) is 6.88. The molecule has 2 rings (SSSR count). The number of ether oxygens (including phenoxy) is 1. The number of methoxy groups -OCH3 is 1. The van der Waals surface area contributed by atoms with Gasteiger partial charge in [0.25, 0.3) is 0 Å². The van der Waals surface area contributed by atoms with E-state index in [1.54, 1.807) is 19.2 Å². The first-order valence-corrected chi connectivity index (χ1v) is 9.15. The van der Waals surface area contributed by atoms with Gasteiger partial charge in [0.2, 0.25) is 10.0 Å². The van der Waals surface area contributed by atoms with Crippen LogP contribution in [0.3, 0.4) is 0 Å². The Hall–Kier alpha value is -1.37. The lowest BCUT2D eigenvalue weighted by Gasteiger charge is -2.18. The molecule has 0 spiro atoms. The third kappa shape index (κ3) is 4.09. The molecule has 0 saturated heterocycles. The molecule has 0 aliphatic carbocycles. The molecule has 1 N–H and O–H groups in total. The third-order valence-corrected chi connectivity index (χ3v) is 5.36. The molecule has 1 atom stereocenters.